The summed E-state index contributed by atoms with van der Waals surface area (Å²) < 4.78 is 67.7. The Labute approximate surface area is 214 Å². The zero-order valence-corrected chi connectivity index (χ0v) is 20.7. The number of aromatic amines is 1. The summed E-state index contributed by atoms with van der Waals surface area (Å²) in [6, 6.07) is 7.17. The van der Waals surface area contributed by atoms with Gasteiger partial charge < -0.3 is 21.1 Å². The van der Waals surface area contributed by atoms with E-state index in [0.717, 1.165) is 6.07 Å². The number of anilines is 3. The normalized spacial score (nSPS) is 15.1. The largest absolute Gasteiger partial charge is 0.465 e. The molecule has 0 spiro atoms. The molecule has 0 atom stereocenters. The molecule has 5 N–H and O–H groups in total. The van der Waals surface area contributed by atoms with Crippen LogP contribution in [0.4, 0.5) is 35.5 Å². The van der Waals surface area contributed by atoms with Gasteiger partial charge in [0.1, 0.15) is 0 Å². The Morgan fingerprint density at radius 3 is 2.41 bits per heavy atom. The lowest BCUT2D eigenvalue weighted by molar-refractivity contribution is -0.137. The van der Waals surface area contributed by atoms with Gasteiger partial charge in [0.2, 0.25) is 11.9 Å². The number of benzene rings is 2. The molecule has 0 bridgehead atoms. The Morgan fingerprint density at radius 1 is 1.22 bits per heavy atom. The highest BCUT2D eigenvalue weighted by atomic mass is 35.5. The van der Waals surface area contributed by atoms with Gasteiger partial charge in [0.25, 0.3) is 0 Å². The van der Waals surface area contributed by atoms with Gasteiger partial charge in [0.05, 0.1) is 21.2 Å². The maximum Gasteiger partial charge on any atom is 0.417 e. The number of amides is 1. The van der Waals surface area contributed by atoms with Gasteiger partial charge >= 0.3 is 12.3 Å². The third-order valence-corrected chi connectivity index (χ3v) is 8.20. The predicted octanol–water partition coefficient (Wildman–Crippen LogP) is 4.63. The van der Waals surface area contributed by atoms with E-state index in [9.17, 15) is 26.4 Å². The summed E-state index contributed by atoms with van der Waals surface area (Å²) in [6.07, 6.45) is -4.99. The number of hydrogen-bond donors (Lipinski definition) is 4. The van der Waals surface area contributed by atoms with Crippen molar-refractivity contribution in [2.75, 3.05) is 29.9 Å². The fourth-order valence-electron chi connectivity index (χ4n) is 4.18. The first-order chi connectivity index (χ1) is 17.3. The van der Waals surface area contributed by atoms with Crippen molar-refractivity contribution in [2.24, 2.45) is 5.92 Å². The molecule has 10 nitrogen and oxygen atoms in total. The van der Waals surface area contributed by atoms with Crippen LogP contribution in [0.1, 0.15) is 18.4 Å². The quantitative estimate of drug-likeness (QED) is 0.341. The standard InChI is InChI=1S/C22H22ClF3N6O4S/c23-17-10-14(28-20-29-19(27)30-31-20)9-16(22(24,25)26)18(17)13-1-3-15(4-2-13)37(35,36)11-12-5-7-32(8-6-12)21(33)34/h1-4,9-10,12H,5-8,11H2,(H,33,34)(H4,27,28,29,30,31). The van der Waals surface area contributed by atoms with Crippen molar-refractivity contribution in [3.63, 3.8) is 0 Å². The summed E-state index contributed by atoms with van der Waals surface area (Å²) >= 11 is 6.26. The van der Waals surface area contributed by atoms with Gasteiger partial charge in [-0.25, -0.2) is 18.3 Å². The van der Waals surface area contributed by atoms with Gasteiger partial charge in [-0.15, -0.1) is 5.10 Å². The number of carbonyl (C=O) groups is 1. The highest BCUT2D eigenvalue weighted by Crippen LogP contribution is 2.43. The Hall–Kier alpha value is -3.52. The first kappa shape index (κ1) is 26.5. The molecule has 1 aliphatic rings. The maximum absolute atomic E-state index is 14.0. The SMILES string of the molecule is Nc1nc(Nc2cc(Cl)c(-c3ccc(S(=O)(=O)CC4CCN(C(=O)O)CC4)cc3)c(C(F)(F)F)c2)n[nH]1. The fourth-order valence-corrected chi connectivity index (χ4v) is 6.21. The van der Waals surface area contributed by atoms with Crippen LogP contribution < -0.4 is 11.1 Å². The molecule has 1 fully saturated rings. The molecule has 0 radical (unpaired) electrons. The summed E-state index contributed by atoms with van der Waals surface area (Å²) in [7, 11) is -3.74. The lowest BCUT2D eigenvalue weighted by Gasteiger charge is -2.29. The molecule has 1 amide bonds. The van der Waals surface area contributed by atoms with Gasteiger partial charge in [-0.05, 0) is 48.6 Å². The lowest BCUT2D eigenvalue weighted by Crippen LogP contribution is -2.39. The van der Waals surface area contributed by atoms with Crippen LogP contribution in [-0.2, 0) is 16.0 Å². The Kier molecular flexibility index (Phi) is 7.24. The monoisotopic (exact) mass is 558 g/mol. The number of nitrogens with zero attached hydrogens (tertiary/aromatic N) is 3. The maximum atomic E-state index is 14.0. The Balaban J connectivity index is 1.58. The summed E-state index contributed by atoms with van der Waals surface area (Å²) in [5.41, 5.74) is 4.15. The third kappa shape index (κ3) is 6.07. The zero-order chi connectivity index (χ0) is 27.0. The predicted molar refractivity (Wildman–Crippen MR) is 130 cm³/mol. The van der Waals surface area contributed by atoms with Crippen molar-refractivity contribution < 1.29 is 31.5 Å². The van der Waals surface area contributed by atoms with Crippen molar-refractivity contribution in [1.29, 1.82) is 0 Å². The van der Waals surface area contributed by atoms with Gasteiger partial charge in [-0.3, -0.25) is 0 Å². The summed E-state index contributed by atoms with van der Waals surface area (Å²) in [5.74, 6) is -0.467. The van der Waals surface area contributed by atoms with Crippen LogP contribution in [0.2, 0.25) is 5.02 Å². The molecule has 15 heteroatoms. The number of carboxylic acid groups (broad SMARTS) is 1. The smallest absolute Gasteiger partial charge is 0.417 e. The highest BCUT2D eigenvalue weighted by molar-refractivity contribution is 7.91. The number of hydrogen-bond acceptors (Lipinski definition) is 7. The van der Waals surface area contributed by atoms with Crippen LogP contribution in [0, 0.1) is 5.92 Å². The van der Waals surface area contributed by atoms with Crippen LogP contribution in [-0.4, -0.2) is 58.5 Å². The Bertz CT molecular complexity index is 1400. The van der Waals surface area contributed by atoms with E-state index in [2.05, 4.69) is 20.5 Å². The second kappa shape index (κ2) is 10.1. The number of aromatic nitrogens is 3. The Morgan fingerprint density at radius 2 is 1.86 bits per heavy atom. The molecule has 1 aliphatic heterocycles. The number of nitrogen functional groups attached to an aromatic ring is 1. The van der Waals surface area contributed by atoms with Gasteiger partial charge in [-0.2, -0.15) is 18.2 Å². The fraction of sp³-hybridized carbons (Fsp3) is 0.318. The summed E-state index contributed by atoms with van der Waals surface area (Å²) in [5, 5.41) is 17.5. The number of sulfone groups is 1. The molecular formula is C22H22ClF3N6O4S. The molecule has 0 aliphatic carbocycles. The summed E-state index contributed by atoms with van der Waals surface area (Å²) in [4.78, 5) is 16.0. The van der Waals surface area contributed by atoms with E-state index in [1.54, 1.807) is 0 Å². The van der Waals surface area contributed by atoms with E-state index < -0.39 is 27.7 Å². The van der Waals surface area contributed by atoms with Crippen molar-refractivity contribution in [3.05, 3.63) is 47.0 Å². The molecular weight excluding hydrogens is 537 g/mol. The molecule has 1 saturated heterocycles. The van der Waals surface area contributed by atoms with E-state index in [-0.39, 0.29) is 63.4 Å². The molecule has 3 aromatic rings. The van der Waals surface area contributed by atoms with Crippen LogP contribution in [0.3, 0.4) is 0 Å². The van der Waals surface area contributed by atoms with Crippen molar-refractivity contribution >= 4 is 45.1 Å². The first-order valence-electron chi connectivity index (χ1n) is 11.0. The number of alkyl halides is 3. The summed E-state index contributed by atoms with van der Waals surface area (Å²) in [6.45, 7) is 0.503. The van der Waals surface area contributed by atoms with E-state index in [1.165, 1.54) is 35.2 Å². The third-order valence-electron chi connectivity index (χ3n) is 6.00. The molecule has 4 rings (SSSR count). The molecule has 1 aromatic heterocycles. The van der Waals surface area contributed by atoms with E-state index in [4.69, 9.17) is 22.4 Å². The molecule has 2 heterocycles. The average Bonchev–Trinajstić information content (AvgIpc) is 3.22. The minimum absolute atomic E-state index is 0.0202. The number of rotatable bonds is 6. The second-order valence-corrected chi connectivity index (χ2v) is 11.0. The number of nitrogens with one attached hydrogen (secondary N) is 2. The lowest BCUT2D eigenvalue weighted by atomic mass is 9.98. The number of piperidine rings is 1. The van der Waals surface area contributed by atoms with Crippen molar-refractivity contribution in [1.82, 2.24) is 20.1 Å². The average molecular weight is 559 g/mol. The van der Waals surface area contributed by atoms with Gasteiger partial charge in [0, 0.05) is 24.3 Å². The van der Waals surface area contributed by atoms with Crippen molar-refractivity contribution in [3.8, 4) is 11.1 Å². The van der Waals surface area contributed by atoms with E-state index >= 15 is 0 Å². The highest BCUT2D eigenvalue weighted by Gasteiger charge is 2.36. The van der Waals surface area contributed by atoms with Gasteiger partial charge in [0.15, 0.2) is 9.84 Å². The molecule has 198 valence electrons. The van der Waals surface area contributed by atoms with Crippen LogP contribution >= 0.6 is 11.6 Å². The van der Waals surface area contributed by atoms with Crippen LogP contribution in [0.15, 0.2) is 41.3 Å². The molecule has 0 unspecified atom stereocenters. The minimum atomic E-state index is -4.77. The molecule has 0 saturated carbocycles. The molecule has 37 heavy (non-hydrogen) atoms. The van der Waals surface area contributed by atoms with Gasteiger partial charge in [-0.1, -0.05) is 23.7 Å². The number of nitrogens with two attached hydrogens (primary N) is 1. The number of H-pyrrole nitrogens is 1. The number of halogens is 4. The number of likely N-dealkylation sites (tertiary alicyclic amines) is 1. The minimum Gasteiger partial charge on any atom is -0.465 e. The van der Waals surface area contributed by atoms with E-state index in [1.807, 2.05) is 0 Å². The van der Waals surface area contributed by atoms with Crippen LogP contribution in [0.5, 0.6) is 0 Å². The molecule has 2 aromatic carbocycles. The zero-order valence-electron chi connectivity index (χ0n) is 19.1. The second-order valence-electron chi connectivity index (χ2n) is 8.57. The first-order valence-corrected chi connectivity index (χ1v) is 13.0. The van der Waals surface area contributed by atoms with Crippen LogP contribution in [0.25, 0.3) is 11.1 Å². The topological polar surface area (TPSA) is 154 Å². The van der Waals surface area contributed by atoms with Crippen molar-refractivity contribution in [2.45, 2.75) is 23.9 Å². The van der Waals surface area contributed by atoms with E-state index in [0.29, 0.717) is 12.8 Å².